The van der Waals surface area contributed by atoms with Gasteiger partial charge in [0.1, 0.15) is 12.6 Å². The van der Waals surface area contributed by atoms with Gasteiger partial charge in [0.15, 0.2) is 27.8 Å². The number of carbonyl (C=O) groups is 1. The number of benzene rings is 2. The van der Waals surface area contributed by atoms with Gasteiger partial charge >= 0.3 is 5.97 Å². The second kappa shape index (κ2) is 14.2. The molecule has 42 heavy (non-hydrogen) atoms. The van der Waals surface area contributed by atoms with Gasteiger partial charge in [0.25, 0.3) is 5.56 Å². The molecule has 1 aliphatic rings. The van der Waals surface area contributed by atoms with E-state index in [1.165, 1.54) is 23.0 Å². The van der Waals surface area contributed by atoms with Gasteiger partial charge in [0.05, 0.1) is 53.4 Å². The van der Waals surface area contributed by atoms with Gasteiger partial charge in [-0.3, -0.25) is 9.36 Å². The Kier molecular flexibility index (Phi) is 10.7. The third-order valence-electron chi connectivity index (χ3n) is 6.41. The van der Waals surface area contributed by atoms with Crippen molar-refractivity contribution in [3.05, 3.63) is 76.0 Å². The van der Waals surface area contributed by atoms with E-state index in [1.54, 1.807) is 39.4 Å². The van der Waals surface area contributed by atoms with Crippen molar-refractivity contribution in [3.63, 3.8) is 0 Å². The van der Waals surface area contributed by atoms with E-state index in [0.717, 1.165) is 9.13 Å². The number of allylic oxidation sites excluding steroid dienone is 1. The van der Waals surface area contributed by atoms with Crippen LogP contribution in [-0.2, 0) is 14.3 Å². The molecule has 12 heteroatoms. The highest BCUT2D eigenvalue weighted by Gasteiger charge is 2.36. The number of fused-ring (bicyclic) bond motifs is 1. The first-order valence-electron chi connectivity index (χ1n) is 13.3. The van der Waals surface area contributed by atoms with Gasteiger partial charge < -0.3 is 28.4 Å². The molecular formula is C30H33IN2O8S. The molecule has 1 atom stereocenters. The van der Waals surface area contributed by atoms with Crippen LogP contribution in [0, 0.1) is 3.57 Å². The summed E-state index contributed by atoms with van der Waals surface area (Å²) in [6, 6.07) is 8.26. The highest BCUT2D eigenvalue weighted by atomic mass is 127. The lowest BCUT2D eigenvalue weighted by atomic mass is 9.94. The molecule has 0 spiro atoms. The molecule has 10 nitrogen and oxygen atoms in total. The van der Waals surface area contributed by atoms with Gasteiger partial charge in [-0.1, -0.05) is 23.5 Å². The molecule has 0 unspecified atom stereocenters. The third kappa shape index (κ3) is 6.35. The number of esters is 1. The molecule has 0 aliphatic carbocycles. The monoisotopic (exact) mass is 708 g/mol. The van der Waals surface area contributed by atoms with Crippen molar-refractivity contribution in [2.75, 3.05) is 47.8 Å². The summed E-state index contributed by atoms with van der Waals surface area (Å²) in [7, 11) is 4.66. The molecule has 0 saturated carbocycles. The first kappa shape index (κ1) is 31.6. The van der Waals surface area contributed by atoms with Gasteiger partial charge in [-0.05, 0) is 73.2 Å². The number of thiazole rings is 1. The maximum atomic E-state index is 14.1. The lowest BCUT2D eigenvalue weighted by Crippen LogP contribution is -2.40. The van der Waals surface area contributed by atoms with Crippen molar-refractivity contribution in [2.45, 2.75) is 26.8 Å². The molecule has 2 heterocycles. The smallest absolute Gasteiger partial charge is 0.338 e. The van der Waals surface area contributed by atoms with Crippen LogP contribution in [0.3, 0.4) is 0 Å². The predicted molar refractivity (Wildman–Crippen MR) is 168 cm³/mol. The van der Waals surface area contributed by atoms with E-state index in [0.29, 0.717) is 56.8 Å². The molecule has 0 N–H and O–H groups in total. The maximum Gasteiger partial charge on any atom is 0.338 e. The van der Waals surface area contributed by atoms with Crippen molar-refractivity contribution in [3.8, 4) is 23.0 Å². The number of rotatable bonds is 12. The zero-order valence-corrected chi connectivity index (χ0v) is 27.3. The van der Waals surface area contributed by atoms with Gasteiger partial charge in [0, 0.05) is 12.7 Å². The quantitative estimate of drug-likeness (QED) is 0.159. The fourth-order valence-corrected chi connectivity index (χ4v) is 6.56. The first-order chi connectivity index (χ1) is 20.3. The number of aromatic nitrogens is 1. The van der Waals surface area contributed by atoms with Crippen molar-refractivity contribution in [1.29, 1.82) is 0 Å². The Bertz CT molecular complexity index is 1680. The summed E-state index contributed by atoms with van der Waals surface area (Å²) in [6.45, 7) is 6.58. The maximum absolute atomic E-state index is 14.1. The molecule has 224 valence electrons. The molecule has 0 amide bonds. The van der Waals surface area contributed by atoms with Crippen LogP contribution in [0.4, 0.5) is 0 Å². The fourth-order valence-electron chi connectivity index (χ4n) is 4.66. The molecule has 0 fully saturated rings. The first-order valence-corrected chi connectivity index (χ1v) is 15.2. The molecule has 1 aromatic heterocycles. The largest absolute Gasteiger partial charge is 0.493 e. The second-order valence-corrected chi connectivity index (χ2v) is 11.2. The van der Waals surface area contributed by atoms with E-state index < -0.39 is 12.0 Å². The van der Waals surface area contributed by atoms with E-state index >= 15 is 0 Å². The number of ether oxygens (including phenoxy) is 6. The molecule has 0 saturated heterocycles. The number of carbonyl (C=O) groups excluding carboxylic acids is 1. The molecule has 4 rings (SSSR count). The molecule has 0 bridgehead atoms. The van der Waals surface area contributed by atoms with Gasteiger partial charge in [0.2, 0.25) is 0 Å². The summed E-state index contributed by atoms with van der Waals surface area (Å²) >= 11 is 3.41. The Morgan fingerprint density at radius 3 is 2.48 bits per heavy atom. The van der Waals surface area contributed by atoms with Crippen LogP contribution in [-0.4, -0.2) is 58.3 Å². The van der Waals surface area contributed by atoms with Crippen LogP contribution < -0.4 is 33.8 Å². The Morgan fingerprint density at radius 1 is 1.05 bits per heavy atom. The standard InChI is InChI=1S/C30H33IN2O8S/c1-7-39-22-15-18(14-20(31)27(22)38-6)16-23-28(34)33-25(19-10-9-11-21(37-5)26(19)40-8-2)24(17(3)32-30(33)42-23)29(35)41-13-12-36-4/h9-11,14-16,25H,7-8,12-13H2,1-6H3/b23-16+/t25-/m1/s1. The minimum Gasteiger partial charge on any atom is -0.493 e. The fraction of sp³-hybridized carbons (Fsp3) is 0.367. The third-order valence-corrected chi connectivity index (χ3v) is 8.19. The van der Waals surface area contributed by atoms with Crippen LogP contribution in [0.5, 0.6) is 23.0 Å². The number of hydrogen-bond donors (Lipinski definition) is 0. The van der Waals surface area contributed by atoms with Crippen LogP contribution in [0.2, 0.25) is 0 Å². The SMILES string of the molecule is CCOc1cc(/C=c2/sc3n(c2=O)[C@H](c2cccc(OC)c2OCC)C(C(=O)OCCOC)=C(C)N=3)cc(I)c1OC. The highest BCUT2D eigenvalue weighted by molar-refractivity contribution is 14.1. The van der Waals surface area contributed by atoms with Gasteiger partial charge in [-0.25, -0.2) is 9.79 Å². The summed E-state index contributed by atoms with van der Waals surface area (Å²) in [6.07, 6.45) is 1.79. The number of methoxy groups -OCH3 is 3. The minimum atomic E-state index is -0.870. The van der Waals surface area contributed by atoms with Gasteiger partial charge in [-0.2, -0.15) is 0 Å². The van der Waals surface area contributed by atoms with Crippen molar-refractivity contribution < 1.29 is 33.2 Å². The molecule has 2 aromatic carbocycles. The molecular weight excluding hydrogens is 675 g/mol. The van der Waals surface area contributed by atoms with Crippen molar-refractivity contribution in [2.24, 2.45) is 4.99 Å². The average molecular weight is 709 g/mol. The number of halogens is 1. The summed E-state index contributed by atoms with van der Waals surface area (Å²) in [5.41, 5.74) is 1.70. The Hall–Kier alpha value is -3.36. The molecule has 0 radical (unpaired) electrons. The van der Waals surface area contributed by atoms with E-state index in [2.05, 4.69) is 27.6 Å². The molecule has 3 aromatic rings. The van der Waals surface area contributed by atoms with Crippen LogP contribution in [0.1, 0.15) is 37.9 Å². The number of hydrogen-bond acceptors (Lipinski definition) is 10. The molecule has 1 aliphatic heterocycles. The highest BCUT2D eigenvalue weighted by Crippen LogP contribution is 2.41. The van der Waals surface area contributed by atoms with Crippen LogP contribution in [0.15, 0.2) is 51.4 Å². The second-order valence-electron chi connectivity index (χ2n) is 8.99. The van der Waals surface area contributed by atoms with Crippen molar-refractivity contribution >= 4 is 46.0 Å². The van der Waals surface area contributed by atoms with Crippen LogP contribution >= 0.6 is 33.9 Å². The average Bonchev–Trinajstić information content (AvgIpc) is 3.26. The predicted octanol–water partition coefficient (Wildman–Crippen LogP) is 3.84. The Morgan fingerprint density at radius 2 is 1.81 bits per heavy atom. The lowest BCUT2D eigenvalue weighted by molar-refractivity contribution is -0.140. The topological polar surface area (TPSA) is 107 Å². The Balaban J connectivity index is 1.96. The zero-order chi connectivity index (χ0) is 30.4. The zero-order valence-electron chi connectivity index (χ0n) is 24.3. The summed E-state index contributed by atoms with van der Waals surface area (Å²) in [5, 5.41) is 0. The summed E-state index contributed by atoms with van der Waals surface area (Å²) in [4.78, 5) is 32.8. The van der Waals surface area contributed by atoms with Crippen molar-refractivity contribution in [1.82, 2.24) is 4.57 Å². The van der Waals surface area contributed by atoms with Gasteiger partial charge in [-0.15, -0.1) is 0 Å². The normalized spacial score (nSPS) is 14.7. The van der Waals surface area contributed by atoms with E-state index in [-0.39, 0.29) is 24.3 Å². The van der Waals surface area contributed by atoms with E-state index in [4.69, 9.17) is 28.4 Å². The Labute approximate surface area is 261 Å². The van der Waals surface area contributed by atoms with E-state index in [1.807, 2.05) is 32.0 Å². The summed E-state index contributed by atoms with van der Waals surface area (Å²) < 4.78 is 36.3. The van der Waals surface area contributed by atoms with Crippen LogP contribution in [0.25, 0.3) is 6.08 Å². The van der Waals surface area contributed by atoms with E-state index in [9.17, 15) is 9.59 Å². The lowest BCUT2D eigenvalue weighted by Gasteiger charge is -2.27. The number of para-hydroxylation sites is 1. The number of nitrogens with zero attached hydrogens (tertiary/aromatic N) is 2. The minimum absolute atomic E-state index is 0.0535. The summed E-state index contributed by atoms with van der Waals surface area (Å²) in [5.74, 6) is 1.53.